The summed E-state index contributed by atoms with van der Waals surface area (Å²) in [7, 11) is 0. The number of thiophene rings is 1. The molecule has 6 nitrogen and oxygen atoms in total. The Morgan fingerprint density at radius 3 is 2.65 bits per heavy atom. The Kier molecular flexibility index (Phi) is 6.42. The Hall–Kier alpha value is -3.06. The number of hydrogen-bond donors (Lipinski definition) is 2. The number of amides is 2. The molecule has 0 saturated heterocycles. The lowest BCUT2D eigenvalue weighted by Crippen LogP contribution is -2.32. The molecular weight excluding hydrogens is 410 g/mol. The number of para-hydroxylation sites is 1. The molecular formula is C24H27N3O3S. The van der Waals surface area contributed by atoms with Gasteiger partial charge in [0.05, 0.1) is 23.9 Å². The molecule has 2 aromatic heterocycles. The quantitative estimate of drug-likeness (QED) is 0.502. The number of anilines is 1. The molecule has 0 bridgehead atoms. The highest BCUT2D eigenvalue weighted by atomic mass is 32.1. The number of urea groups is 1. The average Bonchev–Trinajstić information content (AvgIpc) is 3.42. The second-order valence-corrected chi connectivity index (χ2v) is 8.69. The Bertz CT molecular complexity index is 1070. The summed E-state index contributed by atoms with van der Waals surface area (Å²) in [5.74, 6) is -0.451. The van der Waals surface area contributed by atoms with E-state index in [9.17, 15) is 9.59 Å². The van der Waals surface area contributed by atoms with Gasteiger partial charge in [0, 0.05) is 22.8 Å². The minimum atomic E-state index is -0.451. The summed E-state index contributed by atoms with van der Waals surface area (Å²) in [4.78, 5) is 26.5. The van der Waals surface area contributed by atoms with Crippen molar-refractivity contribution in [1.82, 2.24) is 9.88 Å². The summed E-state index contributed by atoms with van der Waals surface area (Å²) in [5, 5.41) is 7.06. The average molecular weight is 438 g/mol. The fourth-order valence-electron chi connectivity index (χ4n) is 4.09. The van der Waals surface area contributed by atoms with Gasteiger partial charge in [0.2, 0.25) is 0 Å². The molecule has 0 saturated carbocycles. The number of ether oxygens (including phenoxy) is 1. The maximum absolute atomic E-state index is 12.8. The molecule has 4 rings (SSSR count). The first kappa shape index (κ1) is 21.2. The highest BCUT2D eigenvalue weighted by Crippen LogP contribution is 2.40. The van der Waals surface area contributed by atoms with Crippen LogP contribution in [0.2, 0.25) is 0 Å². The first-order valence-corrected chi connectivity index (χ1v) is 11.5. The van der Waals surface area contributed by atoms with Gasteiger partial charge in [0.1, 0.15) is 5.00 Å². The van der Waals surface area contributed by atoms with Crippen LogP contribution < -0.4 is 10.6 Å². The van der Waals surface area contributed by atoms with Gasteiger partial charge in [-0.25, -0.2) is 9.59 Å². The minimum absolute atomic E-state index is 0.176. The molecule has 1 atom stereocenters. The Morgan fingerprint density at radius 2 is 1.87 bits per heavy atom. The monoisotopic (exact) mass is 437 g/mol. The Morgan fingerprint density at radius 1 is 1.13 bits per heavy atom. The number of rotatable bonds is 6. The molecule has 2 amide bonds. The lowest BCUT2D eigenvalue weighted by Gasteiger charge is -2.20. The molecule has 162 valence electrons. The molecule has 1 aliphatic rings. The van der Waals surface area contributed by atoms with Gasteiger partial charge in [-0.2, -0.15) is 0 Å². The van der Waals surface area contributed by atoms with E-state index in [-0.39, 0.29) is 18.7 Å². The summed E-state index contributed by atoms with van der Waals surface area (Å²) in [6.45, 7) is 4.05. The molecule has 0 radical (unpaired) electrons. The van der Waals surface area contributed by atoms with E-state index in [4.69, 9.17) is 4.74 Å². The molecule has 1 aliphatic carbocycles. The van der Waals surface area contributed by atoms with E-state index in [1.165, 1.54) is 28.8 Å². The van der Waals surface area contributed by atoms with E-state index in [0.29, 0.717) is 11.3 Å². The zero-order valence-corrected chi connectivity index (χ0v) is 18.6. The number of carbonyl (C=O) groups excluding carboxylic acids is 2. The first-order chi connectivity index (χ1) is 15.1. The van der Waals surface area contributed by atoms with Crippen LogP contribution in [0.1, 0.15) is 59.1 Å². The van der Waals surface area contributed by atoms with E-state index in [1.54, 1.807) is 31.2 Å². The lowest BCUT2D eigenvalue weighted by molar-refractivity contribution is 0.0527. The Labute approximate surface area is 186 Å². The molecule has 0 fully saturated rings. The molecule has 3 aromatic rings. The predicted octanol–water partition coefficient (Wildman–Crippen LogP) is 5.48. The van der Waals surface area contributed by atoms with E-state index < -0.39 is 5.97 Å². The van der Waals surface area contributed by atoms with Crippen molar-refractivity contribution in [3.05, 3.63) is 70.4 Å². The van der Waals surface area contributed by atoms with Crippen molar-refractivity contribution in [2.45, 2.75) is 45.6 Å². The summed E-state index contributed by atoms with van der Waals surface area (Å²) in [5.41, 5.74) is 3.33. The number of hydrogen-bond acceptors (Lipinski definition) is 4. The molecule has 7 heteroatoms. The Balaban J connectivity index is 1.56. The SMILES string of the molecule is CCOC(=O)c1ccccc1NC(=O)N[C@@H](C)c1c(-n2cccc2)sc2c1CCCC2. The van der Waals surface area contributed by atoms with Crippen LogP contribution in [0.5, 0.6) is 0 Å². The largest absolute Gasteiger partial charge is 0.462 e. The van der Waals surface area contributed by atoms with Crippen LogP contribution in [-0.2, 0) is 17.6 Å². The fourth-order valence-corrected chi connectivity index (χ4v) is 5.54. The number of benzene rings is 1. The van der Waals surface area contributed by atoms with Gasteiger partial charge in [0.15, 0.2) is 0 Å². The second kappa shape index (κ2) is 9.39. The molecule has 2 heterocycles. The predicted molar refractivity (Wildman–Crippen MR) is 123 cm³/mol. The van der Waals surface area contributed by atoms with Gasteiger partial charge in [-0.15, -0.1) is 11.3 Å². The summed E-state index contributed by atoms with van der Waals surface area (Å²) in [6, 6.07) is 10.4. The smallest absolute Gasteiger partial charge is 0.340 e. The van der Waals surface area contributed by atoms with Crippen LogP contribution >= 0.6 is 11.3 Å². The van der Waals surface area contributed by atoms with Gasteiger partial charge in [-0.3, -0.25) is 0 Å². The number of carbonyl (C=O) groups is 2. The molecule has 31 heavy (non-hydrogen) atoms. The van der Waals surface area contributed by atoms with Gasteiger partial charge < -0.3 is 19.9 Å². The van der Waals surface area contributed by atoms with E-state index in [2.05, 4.69) is 15.2 Å². The summed E-state index contributed by atoms with van der Waals surface area (Å²) < 4.78 is 7.23. The van der Waals surface area contributed by atoms with E-state index in [0.717, 1.165) is 17.8 Å². The number of nitrogens with zero attached hydrogens (tertiary/aromatic N) is 1. The van der Waals surface area contributed by atoms with Crippen LogP contribution in [0, 0.1) is 0 Å². The molecule has 0 aliphatic heterocycles. The van der Waals surface area contributed by atoms with Crippen molar-refractivity contribution in [3.8, 4) is 5.00 Å². The van der Waals surface area contributed by atoms with Crippen LogP contribution in [-0.4, -0.2) is 23.2 Å². The van der Waals surface area contributed by atoms with E-state index in [1.807, 2.05) is 42.8 Å². The summed E-state index contributed by atoms with van der Waals surface area (Å²) >= 11 is 1.82. The second-order valence-electron chi connectivity index (χ2n) is 7.61. The molecule has 0 spiro atoms. The highest BCUT2D eigenvalue weighted by molar-refractivity contribution is 7.15. The fraction of sp³-hybridized carbons (Fsp3) is 0.333. The van der Waals surface area contributed by atoms with Crippen molar-refractivity contribution in [2.24, 2.45) is 0 Å². The van der Waals surface area contributed by atoms with E-state index >= 15 is 0 Å². The van der Waals surface area contributed by atoms with Crippen LogP contribution in [0.4, 0.5) is 10.5 Å². The third kappa shape index (κ3) is 4.51. The maximum Gasteiger partial charge on any atom is 0.340 e. The molecule has 0 unspecified atom stereocenters. The van der Waals surface area contributed by atoms with Crippen molar-refractivity contribution in [3.63, 3.8) is 0 Å². The third-order valence-corrected chi connectivity index (χ3v) is 6.80. The number of aryl methyl sites for hydroxylation is 1. The normalized spacial score (nSPS) is 13.9. The zero-order chi connectivity index (χ0) is 21.8. The van der Waals surface area contributed by atoms with Gasteiger partial charge >= 0.3 is 12.0 Å². The van der Waals surface area contributed by atoms with Crippen molar-refractivity contribution >= 4 is 29.0 Å². The van der Waals surface area contributed by atoms with Crippen LogP contribution in [0.15, 0.2) is 48.8 Å². The van der Waals surface area contributed by atoms with Gasteiger partial charge in [-0.05, 0) is 69.4 Å². The maximum atomic E-state index is 12.8. The topological polar surface area (TPSA) is 72.4 Å². The van der Waals surface area contributed by atoms with Gasteiger partial charge in [0.25, 0.3) is 0 Å². The van der Waals surface area contributed by atoms with Crippen LogP contribution in [0.25, 0.3) is 5.00 Å². The third-order valence-electron chi connectivity index (χ3n) is 5.48. The van der Waals surface area contributed by atoms with Gasteiger partial charge in [-0.1, -0.05) is 12.1 Å². The highest BCUT2D eigenvalue weighted by Gasteiger charge is 2.26. The molecule has 2 N–H and O–H groups in total. The van der Waals surface area contributed by atoms with Crippen molar-refractivity contribution < 1.29 is 14.3 Å². The number of esters is 1. The number of aromatic nitrogens is 1. The van der Waals surface area contributed by atoms with Crippen LogP contribution in [0.3, 0.4) is 0 Å². The minimum Gasteiger partial charge on any atom is -0.462 e. The number of fused-ring (bicyclic) bond motifs is 1. The van der Waals surface area contributed by atoms with Crippen molar-refractivity contribution in [2.75, 3.05) is 11.9 Å². The molecule has 1 aromatic carbocycles. The summed E-state index contributed by atoms with van der Waals surface area (Å²) in [6.07, 6.45) is 8.62. The first-order valence-electron chi connectivity index (χ1n) is 10.7. The number of nitrogens with one attached hydrogen (secondary N) is 2. The lowest BCUT2D eigenvalue weighted by atomic mass is 9.93. The standard InChI is InChI=1S/C24H27N3O3S/c1-3-30-23(28)17-10-4-6-12-19(17)26-24(29)25-16(2)21-18-11-5-7-13-20(18)31-22(21)27-14-8-9-15-27/h4,6,8-10,12,14-16H,3,5,7,11,13H2,1-2H3,(H2,25,26,29)/t16-/m0/s1. The van der Waals surface area contributed by atoms with Crippen molar-refractivity contribution in [1.29, 1.82) is 0 Å². The zero-order valence-electron chi connectivity index (χ0n) is 17.8.